The summed E-state index contributed by atoms with van der Waals surface area (Å²) in [6, 6.07) is 5.53. The van der Waals surface area contributed by atoms with E-state index in [0.29, 0.717) is 5.56 Å². The summed E-state index contributed by atoms with van der Waals surface area (Å²) >= 11 is 0. The third kappa shape index (κ3) is 3.48. The number of carbonyl (C=O) groups is 1. The van der Waals surface area contributed by atoms with Crippen LogP contribution >= 0.6 is 0 Å². The van der Waals surface area contributed by atoms with E-state index < -0.39 is 27.1 Å². The molecule has 26 heavy (non-hydrogen) atoms. The monoisotopic (exact) mass is 356 g/mol. The number of pyridine rings is 1. The van der Waals surface area contributed by atoms with E-state index >= 15 is 0 Å². The number of benzene rings is 1. The predicted octanol–water partition coefficient (Wildman–Crippen LogP) is 2.20. The minimum Gasteiger partial charge on any atom is -0.403 e. The topological polar surface area (TPSA) is 167 Å². The van der Waals surface area contributed by atoms with E-state index in [1.165, 1.54) is 12.4 Å². The first-order chi connectivity index (χ1) is 12.4. The van der Waals surface area contributed by atoms with Gasteiger partial charge in [-0.3, -0.25) is 35.3 Å². The molecular formula is C14H8N6O6. The molecule has 1 N–H and O–H groups in total. The standard InChI is InChI=1S/C14H8N6O6/c21-12(9-5-10(19(22)23)7-11(6-9)20(24)25)16-14-18-17-13(26-14)8-1-3-15-4-2-8/h1-7H,(H,16,18,21). The molecule has 3 rings (SSSR count). The zero-order valence-electron chi connectivity index (χ0n) is 12.7. The van der Waals surface area contributed by atoms with Crippen LogP contribution in [0.3, 0.4) is 0 Å². The number of aromatic nitrogens is 3. The second-order valence-corrected chi connectivity index (χ2v) is 4.85. The molecule has 0 spiro atoms. The molecule has 0 aliphatic heterocycles. The van der Waals surface area contributed by atoms with Crippen LogP contribution in [-0.4, -0.2) is 30.9 Å². The van der Waals surface area contributed by atoms with Gasteiger partial charge in [-0.15, -0.1) is 5.10 Å². The van der Waals surface area contributed by atoms with Gasteiger partial charge in [-0.25, -0.2) is 0 Å². The first-order valence-corrected chi connectivity index (χ1v) is 6.93. The van der Waals surface area contributed by atoms with Crippen molar-refractivity contribution in [3.05, 3.63) is 68.5 Å². The molecule has 0 aliphatic carbocycles. The number of non-ortho nitro benzene ring substituents is 2. The van der Waals surface area contributed by atoms with Gasteiger partial charge in [0, 0.05) is 30.1 Å². The largest absolute Gasteiger partial charge is 0.403 e. The summed E-state index contributed by atoms with van der Waals surface area (Å²) in [5.41, 5.74) is -0.909. The molecule has 0 radical (unpaired) electrons. The second-order valence-electron chi connectivity index (χ2n) is 4.85. The lowest BCUT2D eigenvalue weighted by Crippen LogP contribution is -2.13. The maximum absolute atomic E-state index is 12.2. The molecule has 1 amide bonds. The van der Waals surface area contributed by atoms with E-state index in [9.17, 15) is 25.0 Å². The van der Waals surface area contributed by atoms with E-state index in [2.05, 4.69) is 20.5 Å². The van der Waals surface area contributed by atoms with Crippen LogP contribution in [0, 0.1) is 20.2 Å². The van der Waals surface area contributed by atoms with Crippen molar-refractivity contribution in [1.29, 1.82) is 0 Å². The Labute approximate surface area is 143 Å². The highest BCUT2D eigenvalue weighted by Gasteiger charge is 2.21. The summed E-state index contributed by atoms with van der Waals surface area (Å²) in [5.74, 6) is -0.755. The second kappa shape index (κ2) is 6.72. The Hall–Kier alpha value is -4.22. The number of nitro groups is 2. The van der Waals surface area contributed by atoms with Crippen LogP contribution in [0.1, 0.15) is 10.4 Å². The van der Waals surface area contributed by atoms with E-state index in [0.717, 1.165) is 18.2 Å². The Morgan fingerprint density at radius 2 is 1.62 bits per heavy atom. The summed E-state index contributed by atoms with van der Waals surface area (Å²) < 4.78 is 5.27. The Morgan fingerprint density at radius 3 is 2.19 bits per heavy atom. The normalized spacial score (nSPS) is 10.3. The zero-order chi connectivity index (χ0) is 18.7. The highest BCUT2D eigenvalue weighted by atomic mass is 16.6. The van der Waals surface area contributed by atoms with Crippen molar-refractivity contribution in [2.75, 3.05) is 5.32 Å². The summed E-state index contributed by atoms with van der Waals surface area (Å²) in [5, 5.41) is 31.4. The van der Waals surface area contributed by atoms with Gasteiger partial charge in [-0.1, -0.05) is 5.10 Å². The molecule has 2 heterocycles. The van der Waals surface area contributed by atoms with Gasteiger partial charge in [0.2, 0.25) is 5.89 Å². The molecule has 130 valence electrons. The molecule has 0 unspecified atom stereocenters. The molecular weight excluding hydrogens is 348 g/mol. The number of rotatable bonds is 5. The van der Waals surface area contributed by atoms with Crippen molar-refractivity contribution >= 4 is 23.3 Å². The lowest BCUT2D eigenvalue weighted by atomic mass is 10.1. The molecule has 12 nitrogen and oxygen atoms in total. The minimum atomic E-state index is -0.873. The van der Waals surface area contributed by atoms with Crippen LogP contribution in [0.15, 0.2) is 47.1 Å². The smallest absolute Gasteiger partial charge is 0.322 e. The zero-order valence-corrected chi connectivity index (χ0v) is 12.7. The van der Waals surface area contributed by atoms with Crippen molar-refractivity contribution in [3.63, 3.8) is 0 Å². The average Bonchev–Trinajstić information content (AvgIpc) is 3.10. The van der Waals surface area contributed by atoms with Crippen molar-refractivity contribution in [2.24, 2.45) is 0 Å². The third-order valence-electron chi connectivity index (χ3n) is 3.16. The maximum atomic E-state index is 12.2. The van der Waals surface area contributed by atoms with Gasteiger partial charge in [-0.2, -0.15) is 0 Å². The van der Waals surface area contributed by atoms with Crippen LogP contribution in [0.2, 0.25) is 0 Å². The van der Waals surface area contributed by atoms with E-state index in [-0.39, 0.29) is 17.5 Å². The molecule has 0 fully saturated rings. The molecule has 0 saturated carbocycles. The summed E-state index contributed by atoms with van der Waals surface area (Å²) in [7, 11) is 0. The lowest BCUT2D eigenvalue weighted by molar-refractivity contribution is -0.394. The molecule has 2 aromatic heterocycles. The fourth-order valence-electron chi connectivity index (χ4n) is 1.99. The number of amides is 1. The van der Waals surface area contributed by atoms with Gasteiger partial charge in [0.05, 0.1) is 21.5 Å². The molecule has 0 atom stereocenters. The molecule has 0 bridgehead atoms. The van der Waals surface area contributed by atoms with Crippen molar-refractivity contribution < 1.29 is 19.1 Å². The fourth-order valence-corrected chi connectivity index (χ4v) is 1.99. The highest BCUT2D eigenvalue weighted by Crippen LogP contribution is 2.24. The Balaban J connectivity index is 1.85. The van der Waals surface area contributed by atoms with Crippen molar-refractivity contribution in [3.8, 4) is 11.5 Å². The molecule has 1 aromatic carbocycles. The van der Waals surface area contributed by atoms with Crippen LogP contribution in [0.25, 0.3) is 11.5 Å². The van der Waals surface area contributed by atoms with E-state index in [1.807, 2.05) is 0 Å². The highest BCUT2D eigenvalue weighted by molar-refractivity contribution is 6.04. The van der Waals surface area contributed by atoms with Crippen molar-refractivity contribution in [2.45, 2.75) is 0 Å². The predicted molar refractivity (Wildman–Crippen MR) is 85.2 cm³/mol. The number of anilines is 1. The Bertz CT molecular complexity index is 970. The first kappa shape index (κ1) is 16.6. The Kier molecular flexibility index (Phi) is 4.30. The van der Waals surface area contributed by atoms with Gasteiger partial charge in [0.15, 0.2) is 0 Å². The molecule has 12 heteroatoms. The average molecular weight is 356 g/mol. The first-order valence-electron chi connectivity index (χ1n) is 6.93. The summed E-state index contributed by atoms with van der Waals surface area (Å²) in [6.45, 7) is 0. The van der Waals surface area contributed by atoms with Crippen LogP contribution in [0.5, 0.6) is 0 Å². The van der Waals surface area contributed by atoms with Gasteiger partial charge in [0.25, 0.3) is 17.3 Å². The van der Waals surface area contributed by atoms with E-state index in [4.69, 9.17) is 4.42 Å². The number of carbonyl (C=O) groups excluding carboxylic acids is 1. The number of nitrogens with zero attached hydrogens (tertiary/aromatic N) is 5. The van der Waals surface area contributed by atoms with Gasteiger partial charge < -0.3 is 4.42 Å². The Morgan fingerprint density at radius 1 is 1.00 bits per heavy atom. The number of hydrogen-bond donors (Lipinski definition) is 1. The van der Waals surface area contributed by atoms with Crippen LogP contribution < -0.4 is 5.32 Å². The summed E-state index contributed by atoms with van der Waals surface area (Å²) in [4.78, 5) is 36.1. The molecule has 0 aliphatic rings. The minimum absolute atomic E-state index is 0.118. The third-order valence-corrected chi connectivity index (χ3v) is 3.16. The number of nitro benzene ring substituents is 2. The van der Waals surface area contributed by atoms with Crippen LogP contribution in [0.4, 0.5) is 17.4 Å². The number of nitrogens with one attached hydrogen (secondary N) is 1. The molecule has 0 saturated heterocycles. The lowest BCUT2D eigenvalue weighted by Gasteiger charge is -2.01. The SMILES string of the molecule is O=C(Nc1nnc(-c2ccncc2)o1)c1cc([N+](=O)[O-])cc([N+](=O)[O-])c1. The van der Waals surface area contributed by atoms with Gasteiger partial charge >= 0.3 is 6.01 Å². The van der Waals surface area contributed by atoms with Gasteiger partial charge in [-0.05, 0) is 12.1 Å². The summed E-state index contributed by atoms with van der Waals surface area (Å²) in [6.07, 6.45) is 3.03. The van der Waals surface area contributed by atoms with Crippen molar-refractivity contribution in [1.82, 2.24) is 15.2 Å². The van der Waals surface area contributed by atoms with Crippen LogP contribution in [-0.2, 0) is 0 Å². The quantitative estimate of drug-likeness (QED) is 0.532. The molecule has 3 aromatic rings. The van der Waals surface area contributed by atoms with Gasteiger partial charge in [0.1, 0.15) is 0 Å². The maximum Gasteiger partial charge on any atom is 0.322 e. The van der Waals surface area contributed by atoms with E-state index in [1.54, 1.807) is 12.1 Å². The number of hydrogen-bond acceptors (Lipinski definition) is 9. The fraction of sp³-hybridized carbons (Fsp3) is 0.